The van der Waals surface area contributed by atoms with Crippen molar-refractivity contribution in [3.63, 3.8) is 0 Å². The highest BCUT2D eigenvalue weighted by Gasteiger charge is 2.22. The molecular formula is C7H12O2. The fourth-order valence-corrected chi connectivity index (χ4v) is 0.488. The molecule has 2 nitrogen and oxygen atoms in total. The molecule has 0 aromatic carbocycles. The summed E-state index contributed by atoms with van der Waals surface area (Å²) in [5.74, 6) is -0.791. The largest absolute Gasteiger partial charge is 0.481 e. The molecular weight excluding hydrogens is 116 g/mol. The first-order valence-corrected chi connectivity index (χ1v) is 2.88. The van der Waals surface area contributed by atoms with Gasteiger partial charge in [-0.15, -0.1) is 0 Å². The van der Waals surface area contributed by atoms with Gasteiger partial charge in [0.2, 0.25) is 0 Å². The van der Waals surface area contributed by atoms with Crippen molar-refractivity contribution < 1.29 is 9.90 Å². The maximum Gasteiger partial charge on any atom is 0.312 e. The lowest BCUT2D eigenvalue weighted by molar-refractivity contribution is -0.144. The predicted molar refractivity (Wildman–Crippen MR) is 36.2 cm³/mol. The molecule has 0 spiro atoms. The maximum atomic E-state index is 10.4. The van der Waals surface area contributed by atoms with Crippen LogP contribution in [0.5, 0.6) is 0 Å². The van der Waals surface area contributed by atoms with Gasteiger partial charge in [0.15, 0.2) is 0 Å². The van der Waals surface area contributed by atoms with Gasteiger partial charge in [-0.3, -0.25) is 4.79 Å². The lowest BCUT2D eigenvalue weighted by Crippen LogP contribution is -2.20. The molecule has 0 fully saturated rings. The molecule has 0 rings (SSSR count). The molecule has 0 saturated carbocycles. The SMILES string of the molecule is C/C=C/C(C)(C)C(=O)O. The highest BCUT2D eigenvalue weighted by atomic mass is 16.4. The van der Waals surface area contributed by atoms with E-state index >= 15 is 0 Å². The third-order valence-electron chi connectivity index (χ3n) is 1.13. The average molecular weight is 128 g/mol. The first kappa shape index (κ1) is 8.21. The second kappa shape index (κ2) is 2.67. The number of hydrogen-bond donors (Lipinski definition) is 1. The van der Waals surface area contributed by atoms with Crippen LogP contribution in [0.3, 0.4) is 0 Å². The first-order chi connectivity index (χ1) is 4.00. The van der Waals surface area contributed by atoms with E-state index in [1.165, 1.54) is 0 Å². The van der Waals surface area contributed by atoms with Gasteiger partial charge in [0.25, 0.3) is 0 Å². The van der Waals surface area contributed by atoms with Crippen LogP contribution in [-0.4, -0.2) is 11.1 Å². The standard InChI is InChI=1S/C7H12O2/c1-4-5-7(2,3)6(8)9/h4-5H,1-3H3,(H,8,9)/b5-4+. The van der Waals surface area contributed by atoms with Crippen LogP contribution in [0.25, 0.3) is 0 Å². The summed E-state index contributed by atoms with van der Waals surface area (Å²) in [5.41, 5.74) is -0.714. The van der Waals surface area contributed by atoms with Crippen molar-refractivity contribution in [3.8, 4) is 0 Å². The van der Waals surface area contributed by atoms with E-state index in [-0.39, 0.29) is 0 Å². The smallest absolute Gasteiger partial charge is 0.312 e. The second-order valence-corrected chi connectivity index (χ2v) is 2.53. The summed E-state index contributed by atoms with van der Waals surface area (Å²) in [4.78, 5) is 10.4. The second-order valence-electron chi connectivity index (χ2n) is 2.53. The van der Waals surface area contributed by atoms with Crippen LogP contribution in [0.1, 0.15) is 20.8 Å². The molecule has 1 N–H and O–H groups in total. The monoisotopic (exact) mass is 128 g/mol. The molecule has 0 aromatic heterocycles. The predicted octanol–water partition coefficient (Wildman–Crippen LogP) is 1.67. The van der Waals surface area contributed by atoms with Gasteiger partial charge in [-0.05, 0) is 20.8 Å². The molecule has 2 heteroatoms. The van der Waals surface area contributed by atoms with Crippen LogP contribution in [0, 0.1) is 5.41 Å². The number of carbonyl (C=O) groups is 1. The van der Waals surface area contributed by atoms with Crippen molar-refractivity contribution in [1.29, 1.82) is 0 Å². The highest BCUT2D eigenvalue weighted by molar-refractivity contribution is 5.75. The Kier molecular flexibility index (Phi) is 2.43. The summed E-state index contributed by atoms with van der Waals surface area (Å²) < 4.78 is 0. The van der Waals surface area contributed by atoms with Crippen molar-refractivity contribution >= 4 is 5.97 Å². The lowest BCUT2D eigenvalue weighted by Gasteiger charge is -2.11. The Morgan fingerprint density at radius 3 is 2.11 bits per heavy atom. The summed E-state index contributed by atoms with van der Waals surface area (Å²) in [6, 6.07) is 0. The molecule has 0 aliphatic heterocycles. The van der Waals surface area contributed by atoms with Gasteiger partial charge in [-0.2, -0.15) is 0 Å². The number of allylic oxidation sites excluding steroid dienone is 1. The third-order valence-corrected chi connectivity index (χ3v) is 1.13. The van der Waals surface area contributed by atoms with E-state index in [0.717, 1.165) is 0 Å². The molecule has 0 bridgehead atoms. The molecule has 0 atom stereocenters. The Morgan fingerprint density at radius 1 is 1.56 bits per heavy atom. The lowest BCUT2D eigenvalue weighted by atomic mass is 9.94. The number of hydrogen-bond acceptors (Lipinski definition) is 1. The van der Waals surface area contributed by atoms with E-state index in [1.54, 1.807) is 26.0 Å². The summed E-state index contributed by atoms with van der Waals surface area (Å²) in [5, 5.41) is 8.52. The minimum absolute atomic E-state index is 0.714. The van der Waals surface area contributed by atoms with Gasteiger partial charge in [0.05, 0.1) is 5.41 Å². The van der Waals surface area contributed by atoms with Crippen molar-refractivity contribution in [1.82, 2.24) is 0 Å². The van der Waals surface area contributed by atoms with Crippen LogP contribution in [0.2, 0.25) is 0 Å². The Bertz CT molecular complexity index is 134. The van der Waals surface area contributed by atoms with Gasteiger partial charge in [0, 0.05) is 0 Å². The molecule has 0 saturated heterocycles. The fourth-order valence-electron chi connectivity index (χ4n) is 0.488. The summed E-state index contributed by atoms with van der Waals surface area (Å²) in [7, 11) is 0. The van der Waals surface area contributed by atoms with Crippen LogP contribution in [-0.2, 0) is 4.79 Å². The van der Waals surface area contributed by atoms with Crippen molar-refractivity contribution in [2.24, 2.45) is 5.41 Å². The van der Waals surface area contributed by atoms with Gasteiger partial charge < -0.3 is 5.11 Å². The zero-order chi connectivity index (χ0) is 7.49. The Balaban J connectivity index is 4.19. The molecule has 9 heavy (non-hydrogen) atoms. The topological polar surface area (TPSA) is 37.3 Å². The van der Waals surface area contributed by atoms with Crippen LogP contribution >= 0.6 is 0 Å². The van der Waals surface area contributed by atoms with Crippen LogP contribution in [0.4, 0.5) is 0 Å². The molecule has 0 heterocycles. The van der Waals surface area contributed by atoms with Gasteiger partial charge in [0.1, 0.15) is 0 Å². The third kappa shape index (κ3) is 2.31. The van der Waals surface area contributed by atoms with Crippen LogP contribution < -0.4 is 0 Å². The fraction of sp³-hybridized carbons (Fsp3) is 0.571. The van der Waals surface area contributed by atoms with Gasteiger partial charge in [-0.25, -0.2) is 0 Å². The quantitative estimate of drug-likeness (QED) is 0.574. The van der Waals surface area contributed by atoms with Crippen molar-refractivity contribution in [2.75, 3.05) is 0 Å². The summed E-state index contributed by atoms with van der Waals surface area (Å²) in [6.07, 6.45) is 3.41. The van der Waals surface area contributed by atoms with Gasteiger partial charge in [-0.1, -0.05) is 12.2 Å². The van der Waals surface area contributed by atoms with Crippen molar-refractivity contribution in [3.05, 3.63) is 12.2 Å². The number of rotatable bonds is 2. The Hall–Kier alpha value is -0.790. The van der Waals surface area contributed by atoms with Crippen molar-refractivity contribution in [2.45, 2.75) is 20.8 Å². The van der Waals surface area contributed by atoms with Crippen LogP contribution in [0.15, 0.2) is 12.2 Å². The van der Waals surface area contributed by atoms with E-state index in [1.807, 2.05) is 6.92 Å². The zero-order valence-corrected chi connectivity index (χ0v) is 6.01. The summed E-state index contributed by atoms with van der Waals surface area (Å²) in [6.45, 7) is 5.13. The summed E-state index contributed by atoms with van der Waals surface area (Å²) >= 11 is 0. The zero-order valence-electron chi connectivity index (χ0n) is 6.01. The molecule has 0 amide bonds. The molecule has 52 valence electrons. The van der Waals surface area contributed by atoms with E-state index in [9.17, 15) is 4.79 Å². The molecule has 0 unspecified atom stereocenters. The molecule has 0 radical (unpaired) electrons. The van der Waals surface area contributed by atoms with E-state index in [2.05, 4.69) is 0 Å². The molecule has 0 aliphatic carbocycles. The number of carboxylic acids is 1. The number of aliphatic carboxylic acids is 1. The number of carboxylic acid groups (broad SMARTS) is 1. The Labute approximate surface area is 55.2 Å². The highest BCUT2D eigenvalue weighted by Crippen LogP contribution is 2.16. The minimum atomic E-state index is -0.791. The van der Waals surface area contributed by atoms with Gasteiger partial charge >= 0.3 is 5.97 Å². The Morgan fingerprint density at radius 2 is 2.00 bits per heavy atom. The molecule has 0 aromatic rings. The normalized spacial score (nSPS) is 12.3. The maximum absolute atomic E-state index is 10.4. The van der Waals surface area contributed by atoms with E-state index < -0.39 is 11.4 Å². The average Bonchev–Trinajstić information content (AvgIpc) is 1.65. The molecule has 0 aliphatic rings. The minimum Gasteiger partial charge on any atom is -0.481 e. The first-order valence-electron chi connectivity index (χ1n) is 2.88. The van der Waals surface area contributed by atoms with E-state index in [0.29, 0.717) is 0 Å². The van der Waals surface area contributed by atoms with E-state index in [4.69, 9.17) is 5.11 Å².